The maximum absolute atomic E-state index is 11.9. The molecule has 0 bridgehead atoms. The molecule has 0 amide bonds. The number of cyclic esters (lactones) is 1. The Balaban J connectivity index is 1.92. The second-order valence-corrected chi connectivity index (χ2v) is 6.58. The predicted octanol–water partition coefficient (Wildman–Crippen LogP) is 0.824. The van der Waals surface area contributed by atoms with Crippen molar-refractivity contribution in [2.24, 2.45) is 0 Å². The first-order valence-electron chi connectivity index (χ1n) is 7.00. The minimum Gasteiger partial charge on any atom is -0.463 e. The largest absolute Gasteiger partial charge is 0.463 e. The molecule has 2 rings (SSSR count). The van der Waals surface area contributed by atoms with Gasteiger partial charge in [0.2, 0.25) is 16.1 Å². The Bertz CT molecular complexity index is 698. The van der Waals surface area contributed by atoms with Gasteiger partial charge >= 0.3 is 11.9 Å². The van der Waals surface area contributed by atoms with Crippen LogP contribution in [0.4, 0.5) is 0 Å². The van der Waals surface area contributed by atoms with Crippen LogP contribution in [0.25, 0.3) is 6.08 Å². The molecular formula is C15H17NO6S. The molecule has 1 fully saturated rings. The van der Waals surface area contributed by atoms with Gasteiger partial charge in [0.15, 0.2) is 0 Å². The van der Waals surface area contributed by atoms with Crippen molar-refractivity contribution in [3.8, 4) is 0 Å². The maximum Gasteiger partial charge on any atom is 0.347 e. The molecule has 2 atom stereocenters. The summed E-state index contributed by atoms with van der Waals surface area (Å²) in [5.74, 6) is -1.44. The van der Waals surface area contributed by atoms with Gasteiger partial charge in [0.1, 0.15) is 6.04 Å². The summed E-state index contributed by atoms with van der Waals surface area (Å²) >= 11 is 0. The fourth-order valence-corrected chi connectivity index (χ4v) is 2.90. The molecule has 0 aliphatic carbocycles. The van der Waals surface area contributed by atoms with Gasteiger partial charge < -0.3 is 9.47 Å². The van der Waals surface area contributed by atoms with Crippen LogP contribution in [-0.4, -0.2) is 39.1 Å². The second kappa shape index (κ2) is 7.38. The van der Waals surface area contributed by atoms with Crippen molar-refractivity contribution in [2.75, 3.05) is 6.61 Å². The van der Waals surface area contributed by atoms with Gasteiger partial charge in [0, 0.05) is 11.8 Å². The Hall–Kier alpha value is -2.19. The molecule has 1 N–H and O–H groups in total. The van der Waals surface area contributed by atoms with Crippen molar-refractivity contribution in [1.82, 2.24) is 4.72 Å². The topological polar surface area (TPSA) is 98.8 Å². The Labute approximate surface area is 134 Å². The van der Waals surface area contributed by atoms with E-state index >= 15 is 0 Å². The summed E-state index contributed by atoms with van der Waals surface area (Å²) in [7, 11) is -3.82. The molecule has 124 valence electrons. The molecular weight excluding hydrogens is 322 g/mol. The minimum atomic E-state index is -3.82. The highest BCUT2D eigenvalue weighted by Gasteiger charge is 2.32. The summed E-state index contributed by atoms with van der Waals surface area (Å²) in [5.41, 5.74) is 0.710. The summed E-state index contributed by atoms with van der Waals surface area (Å²) in [5, 5.41) is 0.968. The molecule has 1 unspecified atom stereocenters. The SMILES string of the molecule is C[C@@H](NS(=O)(=O)/C=C/c1ccccc1)C(=O)OC1CCOC1=O. The maximum atomic E-state index is 11.9. The van der Waals surface area contributed by atoms with E-state index in [9.17, 15) is 18.0 Å². The number of carbonyl (C=O) groups excluding carboxylic acids is 2. The Kier molecular flexibility index (Phi) is 5.51. The van der Waals surface area contributed by atoms with E-state index < -0.39 is 34.1 Å². The van der Waals surface area contributed by atoms with Crippen molar-refractivity contribution in [2.45, 2.75) is 25.5 Å². The van der Waals surface area contributed by atoms with E-state index in [1.54, 1.807) is 24.3 Å². The summed E-state index contributed by atoms with van der Waals surface area (Å²) in [6.07, 6.45) is 0.724. The average molecular weight is 339 g/mol. The number of sulfonamides is 1. The number of nitrogens with one attached hydrogen (secondary N) is 1. The number of benzene rings is 1. The lowest BCUT2D eigenvalue weighted by Gasteiger charge is -2.14. The Morgan fingerprint density at radius 1 is 1.39 bits per heavy atom. The van der Waals surface area contributed by atoms with Gasteiger partial charge in [-0.15, -0.1) is 0 Å². The van der Waals surface area contributed by atoms with Gasteiger partial charge in [0.25, 0.3) is 0 Å². The number of esters is 2. The molecule has 7 nitrogen and oxygen atoms in total. The van der Waals surface area contributed by atoms with E-state index in [0.29, 0.717) is 5.56 Å². The summed E-state index contributed by atoms with van der Waals surface area (Å²) in [6.45, 7) is 1.53. The molecule has 1 aliphatic heterocycles. The van der Waals surface area contributed by atoms with Crippen LogP contribution in [0.3, 0.4) is 0 Å². The Morgan fingerprint density at radius 2 is 2.09 bits per heavy atom. The normalized spacial score (nSPS) is 19.5. The van der Waals surface area contributed by atoms with E-state index in [-0.39, 0.29) is 13.0 Å². The highest BCUT2D eigenvalue weighted by atomic mass is 32.2. The lowest BCUT2D eigenvalue weighted by atomic mass is 10.2. The molecule has 0 radical (unpaired) electrons. The predicted molar refractivity (Wildman–Crippen MR) is 82.4 cm³/mol. The molecule has 1 aromatic rings. The van der Waals surface area contributed by atoms with Gasteiger partial charge in [-0.25, -0.2) is 13.2 Å². The number of hydrogen-bond donors (Lipinski definition) is 1. The quantitative estimate of drug-likeness (QED) is 0.771. The van der Waals surface area contributed by atoms with Crippen molar-refractivity contribution < 1.29 is 27.5 Å². The first-order valence-corrected chi connectivity index (χ1v) is 8.54. The molecule has 1 saturated heterocycles. The third-order valence-corrected chi connectivity index (χ3v) is 4.26. The lowest BCUT2D eigenvalue weighted by molar-refractivity contribution is -0.161. The summed E-state index contributed by atoms with van der Waals surface area (Å²) in [4.78, 5) is 23.0. The molecule has 0 spiro atoms. The average Bonchev–Trinajstić information content (AvgIpc) is 2.91. The van der Waals surface area contributed by atoms with Crippen LogP contribution in [0.15, 0.2) is 35.7 Å². The van der Waals surface area contributed by atoms with Crippen molar-refractivity contribution >= 4 is 28.0 Å². The minimum absolute atomic E-state index is 0.191. The zero-order valence-corrected chi connectivity index (χ0v) is 13.3. The van der Waals surface area contributed by atoms with Gasteiger partial charge in [-0.2, -0.15) is 4.72 Å². The van der Waals surface area contributed by atoms with Crippen LogP contribution in [0.2, 0.25) is 0 Å². The zero-order chi connectivity index (χ0) is 16.9. The van der Waals surface area contributed by atoms with Gasteiger partial charge in [-0.05, 0) is 18.6 Å². The summed E-state index contributed by atoms with van der Waals surface area (Å²) < 4.78 is 35.6. The molecule has 0 saturated carbocycles. The van der Waals surface area contributed by atoms with Crippen molar-refractivity contribution in [3.63, 3.8) is 0 Å². The number of rotatable bonds is 6. The first-order chi connectivity index (χ1) is 10.9. The van der Waals surface area contributed by atoms with Crippen LogP contribution in [0, 0.1) is 0 Å². The lowest BCUT2D eigenvalue weighted by Crippen LogP contribution is -2.40. The van der Waals surface area contributed by atoms with E-state index in [1.165, 1.54) is 13.0 Å². The highest BCUT2D eigenvalue weighted by Crippen LogP contribution is 2.11. The van der Waals surface area contributed by atoms with Crippen LogP contribution < -0.4 is 4.72 Å². The van der Waals surface area contributed by atoms with Crippen LogP contribution in [0.5, 0.6) is 0 Å². The molecule has 1 aromatic carbocycles. The molecule has 1 aliphatic rings. The molecule has 1 heterocycles. The third kappa shape index (κ3) is 5.19. The monoisotopic (exact) mass is 339 g/mol. The standard InChI is InChI=1S/C15H17NO6S/c1-11(14(17)22-13-7-9-21-15(13)18)16-23(19,20)10-8-12-5-3-2-4-6-12/h2-6,8,10-11,13,16H,7,9H2,1H3/b10-8+/t11-,13?/m1/s1. The van der Waals surface area contributed by atoms with E-state index in [0.717, 1.165) is 5.41 Å². The van der Waals surface area contributed by atoms with E-state index in [1.807, 2.05) is 6.07 Å². The molecule has 23 heavy (non-hydrogen) atoms. The fourth-order valence-electron chi connectivity index (χ4n) is 1.89. The van der Waals surface area contributed by atoms with Gasteiger partial charge in [0.05, 0.1) is 6.61 Å². The first kappa shape index (κ1) is 17.2. The number of carbonyl (C=O) groups is 2. The highest BCUT2D eigenvalue weighted by molar-refractivity contribution is 7.92. The zero-order valence-electron chi connectivity index (χ0n) is 12.5. The smallest absolute Gasteiger partial charge is 0.347 e. The van der Waals surface area contributed by atoms with Crippen LogP contribution in [-0.2, 0) is 29.1 Å². The van der Waals surface area contributed by atoms with Crippen molar-refractivity contribution in [3.05, 3.63) is 41.3 Å². The fraction of sp³-hybridized carbons (Fsp3) is 0.333. The van der Waals surface area contributed by atoms with Gasteiger partial charge in [-0.1, -0.05) is 30.3 Å². The number of ether oxygens (including phenoxy) is 2. The summed E-state index contributed by atoms with van der Waals surface area (Å²) in [6, 6.07) is 7.75. The third-order valence-electron chi connectivity index (χ3n) is 3.08. The van der Waals surface area contributed by atoms with Crippen molar-refractivity contribution in [1.29, 1.82) is 0 Å². The molecule has 8 heteroatoms. The second-order valence-electron chi connectivity index (χ2n) is 4.98. The molecule has 0 aromatic heterocycles. The van der Waals surface area contributed by atoms with Gasteiger partial charge in [-0.3, -0.25) is 4.79 Å². The number of hydrogen-bond acceptors (Lipinski definition) is 6. The van der Waals surface area contributed by atoms with Crippen LogP contribution in [0.1, 0.15) is 18.9 Å². The Morgan fingerprint density at radius 3 is 2.70 bits per heavy atom. The van der Waals surface area contributed by atoms with E-state index in [2.05, 4.69) is 9.46 Å². The van der Waals surface area contributed by atoms with E-state index in [4.69, 9.17) is 4.74 Å². The van der Waals surface area contributed by atoms with Crippen LogP contribution >= 0.6 is 0 Å².